The van der Waals surface area contributed by atoms with Crippen LogP contribution in [0.3, 0.4) is 0 Å². The van der Waals surface area contributed by atoms with Gasteiger partial charge in [0, 0.05) is 28.7 Å². The van der Waals surface area contributed by atoms with Gasteiger partial charge in [-0.25, -0.2) is 0 Å². The van der Waals surface area contributed by atoms with E-state index >= 15 is 0 Å². The Morgan fingerprint density at radius 1 is 0.460 bits per heavy atom. The minimum atomic E-state index is -4.78. The van der Waals surface area contributed by atoms with E-state index in [-0.39, 0.29) is 11.4 Å². The van der Waals surface area contributed by atoms with Gasteiger partial charge in [0.15, 0.2) is 11.5 Å². The fourth-order valence-corrected chi connectivity index (χ4v) is 9.03. The quantitative estimate of drug-likeness (QED) is 0.0894. The van der Waals surface area contributed by atoms with Crippen LogP contribution in [-0.2, 0) is 20.2 Å². The average Bonchev–Trinajstić information content (AvgIpc) is 3.04. The third-order valence-corrected chi connectivity index (χ3v) is 11.5. The SMILES string of the molecule is O=S(=O)(O)c1cc2ccccc2c(O)c1N=Nc1c(Br)cc(-c2cc(Br)c(N=Nc3c(S(=O)(=O)O)cc4ccccc4c3O)c(Br)c2)cc1Br. The Balaban J connectivity index is 1.36. The Bertz CT molecular complexity index is 2460. The van der Waals surface area contributed by atoms with E-state index in [0.29, 0.717) is 50.6 Å². The summed E-state index contributed by atoms with van der Waals surface area (Å²) in [6.07, 6.45) is 0. The van der Waals surface area contributed by atoms with Crippen molar-refractivity contribution in [2.24, 2.45) is 20.5 Å². The van der Waals surface area contributed by atoms with E-state index in [1.165, 1.54) is 12.1 Å². The van der Waals surface area contributed by atoms with Crippen molar-refractivity contribution in [1.82, 2.24) is 0 Å². The molecule has 0 spiro atoms. The molecule has 0 radical (unpaired) electrons. The molecule has 0 heterocycles. The molecule has 12 nitrogen and oxygen atoms in total. The monoisotopic (exact) mass is 966 g/mol. The van der Waals surface area contributed by atoms with Gasteiger partial charge in [-0.05, 0) is 122 Å². The molecule has 0 aliphatic heterocycles. The van der Waals surface area contributed by atoms with Crippen LogP contribution >= 0.6 is 63.7 Å². The summed E-state index contributed by atoms with van der Waals surface area (Å²) >= 11 is 13.9. The topological polar surface area (TPSA) is 199 Å². The zero-order valence-corrected chi connectivity index (χ0v) is 32.6. The summed E-state index contributed by atoms with van der Waals surface area (Å²) in [5.41, 5.74) is 0.952. The Morgan fingerprint density at radius 2 is 0.760 bits per heavy atom. The van der Waals surface area contributed by atoms with Gasteiger partial charge in [-0.2, -0.15) is 16.8 Å². The molecule has 0 saturated carbocycles. The van der Waals surface area contributed by atoms with Gasteiger partial charge >= 0.3 is 0 Å². The average molecular weight is 970 g/mol. The fraction of sp³-hybridized carbons (Fsp3) is 0. The molecule has 0 aliphatic carbocycles. The molecule has 0 atom stereocenters. The molecule has 6 aromatic rings. The number of azo groups is 2. The van der Waals surface area contributed by atoms with Gasteiger partial charge < -0.3 is 10.2 Å². The van der Waals surface area contributed by atoms with Crippen LogP contribution in [0.1, 0.15) is 0 Å². The predicted octanol–water partition coefficient (Wildman–Crippen LogP) is 11.4. The van der Waals surface area contributed by atoms with Crippen LogP contribution in [0.25, 0.3) is 32.7 Å². The number of phenols is 2. The minimum absolute atomic E-state index is 0.246. The maximum atomic E-state index is 12.2. The Kier molecular flexibility index (Phi) is 10.0. The summed E-state index contributed by atoms with van der Waals surface area (Å²) in [5, 5.41) is 39.5. The Labute approximate surface area is 317 Å². The summed E-state index contributed by atoms with van der Waals surface area (Å²) in [5.74, 6) is -0.944. The van der Waals surface area contributed by atoms with Crippen LogP contribution in [0.5, 0.6) is 11.5 Å². The summed E-state index contributed by atoms with van der Waals surface area (Å²) in [4.78, 5) is -1.23. The van der Waals surface area contributed by atoms with E-state index in [1.54, 1.807) is 72.8 Å². The molecule has 0 fully saturated rings. The molecule has 0 aliphatic rings. The number of phenolic OH excluding ortho intramolecular Hbond substituents is 2. The first-order valence-corrected chi connectivity index (χ1v) is 19.9. The summed E-state index contributed by atoms with van der Waals surface area (Å²) in [6.45, 7) is 0. The second-order valence-corrected chi connectivity index (χ2v) is 16.7. The van der Waals surface area contributed by atoms with Gasteiger partial charge in [0.2, 0.25) is 0 Å². The molecule has 6 aromatic carbocycles. The molecule has 0 saturated heterocycles. The van der Waals surface area contributed by atoms with Crippen molar-refractivity contribution < 1.29 is 36.2 Å². The highest BCUT2D eigenvalue weighted by Gasteiger charge is 2.24. The number of halogens is 4. The number of hydrogen-bond donors (Lipinski definition) is 4. The zero-order valence-electron chi connectivity index (χ0n) is 24.6. The number of benzene rings is 6. The van der Waals surface area contributed by atoms with Crippen molar-refractivity contribution in [3.63, 3.8) is 0 Å². The highest BCUT2D eigenvalue weighted by molar-refractivity contribution is 9.11. The van der Waals surface area contributed by atoms with Crippen LogP contribution in [0, 0.1) is 0 Å². The van der Waals surface area contributed by atoms with Gasteiger partial charge in [-0.15, -0.1) is 20.5 Å². The molecule has 50 heavy (non-hydrogen) atoms. The summed E-state index contributed by atoms with van der Waals surface area (Å²) in [6, 6.07) is 22.2. The number of hydrogen-bond acceptors (Lipinski definition) is 10. The van der Waals surface area contributed by atoms with Gasteiger partial charge in [0.25, 0.3) is 20.2 Å². The lowest BCUT2D eigenvalue weighted by Crippen LogP contribution is -1.99. The van der Waals surface area contributed by atoms with E-state index in [1.807, 2.05) is 0 Å². The van der Waals surface area contributed by atoms with E-state index in [0.717, 1.165) is 0 Å². The van der Waals surface area contributed by atoms with Crippen molar-refractivity contribution in [2.45, 2.75) is 9.79 Å². The number of nitrogens with zero attached hydrogens (tertiary/aromatic N) is 4. The largest absolute Gasteiger partial charge is 0.505 e. The lowest BCUT2D eigenvalue weighted by atomic mass is 10.1. The second-order valence-electron chi connectivity index (χ2n) is 10.5. The summed E-state index contributed by atoms with van der Waals surface area (Å²) < 4.78 is 70.1. The predicted molar refractivity (Wildman–Crippen MR) is 202 cm³/mol. The maximum absolute atomic E-state index is 12.2. The van der Waals surface area contributed by atoms with Crippen LogP contribution in [0.2, 0.25) is 0 Å². The minimum Gasteiger partial charge on any atom is -0.505 e. The van der Waals surface area contributed by atoms with Crippen molar-refractivity contribution in [1.29, 1.82) is 0 Å². The van der Waals surface area contributed by atoms with Gasteiger partial charge in [-0.3, -0.25) is 9.11 Å². The second kappa shape index (κ2) is 13.8. The Morgan fingerprint density at radius 3 is 1.08 bits per heavy atom. The highest BCUT2D eigenvalue weighted by Crippen LogP contribution is 2.46. The molecule has 0 amide bonds. The number of fused-ring (bicyclic) bond motifs is 2. The molecule has 254 valence electrons. The number of rotatable bonds is 7. The Hall–Kier alpha value is -3.62. The van der Waals surface area contributed by atoms with Gasteiger partial charge in [0.1, 0.15) is 32.5 Å². The van der Waals surface area contributed by atoms with Crippen molar-refractivity contribution in [2.75, 3.05) is 0 Å². The third kappa shape index (κ3) is 7.11. The van der Waals surface area contributed by atoms with Crippen molar-refractivity contribution >= 4 is 128 Å². The number of aromatic hydroxyl groups is 2. The molecular weight excluding hydrogens is 952 g/mol. The van der Waals surface area contributed by atoms with Crippen LogP contribution in [0.15, 0.2) is 133 Å². The molecule has 18 heteroatoms. The maximum Gasteiger partial charge on any atom is 0.296 e. The summed E-state index contributed by atoms with van der Waals surface area (Å²) in [7, 11) is -9.55. The smallest absolute Gasteiger partial charge is 0.296 e. The lowest BCUT2D eigenvalue weighted by Gasteiger charge is -2.11. The third-order valence-electron chi connectivity index (χ3n) is 7.34. The van der Waals surface area contributed by atoms with E-state index in [4.69, 9.17) is 0 Å². The normalized spacial score (nSPS) is 12.5. The first-order chi connectivity index (χ1) is 23.5. The first kappa shape index (κ1) is 36.2. The van der Waals surface area contributed by atoms with Crippen LogP contribution in [0.4, 0.5) is 22.7 Å². The van der Waals surface area contributed by atoms with Crippen molar-refractivity contribution in [3.05, 3.63) is 103 Å². The molecule has 0 bridgehead atoms. The van der Waals surface area contributed by atoms with Crippen LogP contribution in [-0.4, -0.2) is 36.2 Å². The zero-order chi connectivity index (χ0) is 36.1. The lowest BCUT2D eigenvalue weighted by molar-refractivity contribution is 0.471. The molecule has 6 rings (SSSR count). The molecule has 0 aromatic heterocycles. The molecule has 0 unspecified atom stereocenters. The van der Waals surface area contributed by atoms with Crippen LogP contribution < -0.4 is 0 Å². The van der Waals surface area contributed by atoms with E-state index in [2.05, 4.69) is 84.2 Å². The van der Waals surface area contributed by atoms with E-state index in [9.17, 15) is 36.2 Å². The molecular formula is C32H18Br4N4O8S2. The standard InChI is InChI=1S/C32H18Br4N4O8S2/c33-21-9-17(10-22(34)27(21)37-39-29-25(49(43,44)45)13-15-5-1-3-7-19(15)31(29)41)18-11-23(35)28(24(36)12-18)38-40-30-26(50(46,47)48)14-16-6-2-4-8-20(16)32(30)42/h1-14,41-42H,(H,43,44,45)(H,46,47,48). The van der Waals surface area contributed by atoms with Gasteiger partial charge in [0.05, 0.1) is 0 Å². The fourth-order valence-electron chi connectivity index (χ4n) is 5.03. The van der Waals surface area contributed by atoms with Crippen molar-refractivity contribution in [3.8, 4) is 22.6 Å². The molecule has 4 N–H and O–H groups in total. The highest BCUT2D eigenvalue weighted by atomic mass is 79.9. The van der Waals surface area contributed by atoms with Gasteiger partial charge in [-0.1, -0.05) is 48.5 Å². The first-order valence-electron chi connectivity index (χ1n) is 13.8. The van der Waals surface area contributed by atoms with E-state index < -0.39 is 52.9 Å².